The summed E-state index contributed by atoms with van der Waals surface area (Å²) >= 11 is 0. The second-order valence-electron chi connectivity index (χ2n) is 6.18. The lowest BCUT2D eigenvalue weighted by atomic mass is 9.99. The molecule has 0 bridgehead atoms. The molecule has 1 aromatic heterocycles. The number of rotatable bonds is 6. The van der Waals surface area contributed by atoms with E-state index in [1.165, 1.54) is 18.5 Å². The van der Waals surface area contributed by atoms with Gasteiger partial charge in [0.2, 0.25) is 5.95 Å². The van der Waals surface area contributed by atoms with Crippen molar-refractivity contribution in [3.63, 3.8) is 0 Å². The van der Waals surface area contributed by atoms with Gasteiger partial charge in [0.05, 0.1) is 6.20 Å². The van der Waals surface area contributed by atoms with Crippen molar-refractivity contribution in [1.82, 2.24) is 15.2 Å². The molecule has 1 saturated heterocycles. The lowest BCUT2D eigenvalue weighted by molar-refractivity contribution is 0.438. The Morgan fingerprint density at radius 2 is 2.00 bits per heavy atom. The van der Waals surface area contributed by atoms with E-state index in [1.807, 2.05) is 0 Å². The molecule has 2 heterocycles. The third kappa shape index (κ3) is 4.22. The first-order valence-corrected chi connectivity index (χ1v) is 8.41. The molecule has 1 fully saturated rings. The highest BCUT2D eigenvalue weighted by Crippen LogP contribution is 2.24. The molecule has 0 aliphatic carbocycles. The van der Waals surface area contributed by atoms with Gasteiger partial charge in [0, 0.05) is 31.0 Å². The zero-order chi connectivity index (χ0) is 16.8. The molecule has 3 rings (SSSR count). The van der Waals surface area contributed by atoms with E-state index in [0.717, 1.165) is 24.7 Å². The minimum atomic E-state index is 0.476. The summed E-state index contributed by atoms with van der Waals surface area (Å²) in [6.07, 6.45) is 5.90. The zero-order valence-electron chi connectivity index (χ0n) is 14.1. The lowest BCUT2D eigenvalue weighted by Gasteiger charge is -2.32. The van der Waals surface area contributed by atoms with Gasteiger partial charge in [-0.25, -0.2) is 0 Å². The SMILES string of the molecule is C=CCNc1cnnc(Nc2ccc(N3CCC(C)CC3)cc2)n1. The van der Waals surface area contributed by atoms with E-state index in [4.69, 9.17) is 0 Å². The molecule has 1 aliphatic heterocycles. The molecule has 1 aliphatic rings. The van der Waals surface area contributed by atoms with E-state index >= 15 is 0 Å². The largest absolute Gasteiger partial charge is 0.372 e. The molecular weight excluding hydrogens is 300 g/mol. The second-order valence-corrected chi connectivity index (χ2v) is 6.18. The van der Waals surface area contributed by atoms with E-state index in [0.29, 0.717) is 18.3 Å². The fourth-order valence-corrected chi connectivity index (χ4v) is 2.77. The Morgan fingerprint density at radius 1 is 1.25 bits per heavy atom. The fourth-order valence-electron chi connectivity index (χ4n) is 2.77. The summed E-state index contributed by atoms with van der Waals surface area (Å²) in [5, 5.41) is 14.3. The Balaban J connectivity index is 1.62. The van der Waals surface area contributed by atoms with E-state index in [9.17, 15) is 0 Å². The minimum Gasteiger partial charge on any atom is -0.372 e. The van der Waals surface area contributed by atoms with Crippen LogP contribution in [0.5, 0.6) is 0 Å². The Bertz CT molecular complexity index is 661. The van der Waals surface area contributed by atoms with Crippen LogP contribution in [0.4, 0.5) is 23.1 Å². The average Bonchev–Trinajstić information content (AvgIpc) is 2.62. The zero-order valence-corrected chi connectivity index (χ0v) is 14.1. The van der Waals surface area contributed by atoms with Gasteiger partial charge in [-0.15, -0.1) is 11.7 Å². The number of aromatic nitrogens is 3. The van der Waals surface area contributed by atoms with Crippen LogP contribution in [0, 0.1) is 5.92 Å². The number of nitrogens with zero attached hydrogens (tertiary/aromatic N) is 4. The van der Waals surface area contributed by atoms with Gasteiger partial charge < -0.3 is 15.5 Å². The van der Waals surface area contributed by atoms with E-state index in [2.05, 4.69) is 68.5 Å². The van der Waals surface area contributed by atoms with Crippen LogP contribution >= 0.6 is 0 Å². The third-order valence-electron chi connectivity index (χ3n) is 4.26. The highest BCUT2D eigenvalue weighted by Gasteiger charge is 2.15. The van der Waals surface area contributed by atoms with Crippen molar-refractivity contribution in [3.8, 4) is 0 Å². The van der Waals surface area contributed by atoms with Gasteiger partial charge in [0.15, 0.2) is 5.82 Å². The minimum absolute atomic E-state index is 0.476. The fraction of sp³-hybridized carbons (Fsp3) is 0.389. The summed E-state index contributed by atoms with van der Waals surface area (Å²) in [6, 6.07) is 8.40. The van der Waals surface area contributed by atoms with Crippen molar-refractivity contribution in [2.45, 2.75) is 19.8 Å². The Labute approximate surface area is 143 Å². The summed E-state index contributed by atoms with van der Waals surface area (Å²) in [5.74, 6) is 1.99. The predicted octanol–water partition coefficient (Wildman–Crippen LogP) is 3.45. The molecule has 6 nitrogen and oxygen atoms in total. The smallest absolute Gasteiger partial charge is 0.249 e. The molecule has 0 spiro atoms. The maximum atomic E-state index is 4.37. The molecule has 24 heavy (non-hydrogen) atoms. The summed E-state index contributed by atoms with van der Waals surface area (Å²) in [5.41, 5.74) is 2.22. The molecule has 1 aromatic carbocycles. The van der Waals surface area contributed by atoms with Crippen molar-refractivity contribution < 1.29 is 0 Å². The van der Waals surface area contributed by atoms with E-state index in [-0.39, 0.29) is 0 Å². The Kier molecular flexibility index (Phi) is 5.25. The summed E-state index contributed by atoms with van der Waals surface area (Å²) in [4.78, 5) is 6.82. The maximum Gasteiger partial charge on any atom is 0.249 e. The number of benzene rings is 1. The van der Waals surface area contributed by atoms with Crippen LogP contribution in [0.15, 0.2) is 43.1 Å². The Hall–Kier alpha value is -2.63. The number of nitrogens with one attached hydrogen (secondary N) is 2. The van der Waals surface area contributed by atoms with E-state index < -0.39 is 0 Å². The first-order valence-electron chi connectivity index (χ1n) is 8.41. The molecule has 0 radical (unpaired) electrons. The van der Waals surface area contributed by atoms with Crippen LogP contribution in [0.1, 0.15) is 19.8 Å². The average molecular weight is 324 g/mol. The molecule has 0 unspecified atom stereocenters. The normalized spacial score (nSPS) is 15.1. The number of hydrogen-bond acceptors (Lipinski definition) is 6. The summed E-state index contributed by atoms with van der Waals surface area (Å²) in [6.45, 7) is 8.91. The van der Waals surface area contributed by atoms with Crippen molar-refractivity contribution in [3.05, 3.63) is 43.1 Å². The number of anilines is 4. The highest BCUT2D eigenvalue weighted by atomic mass is 15.3. The first kappa shape index (κ1) is 16.2. The van der Waals surface area contributed by atoms with Gasteiger partial charge in [-0.1, -0.05) is 13.0 Å². The van der Waals surface area contributed by atoms with Crippen LogP contribution in [0.2, 0.25) is 0 Å². The topological polar surface area (TPSA) is 66.0 Å². The van der Waals surface area contributed by atoms with Crippen LogP contribution in [-0.4, -0.2) is 34.8 Å². The van der Waals surface area contributed by atoms with Crippen LogP contribution in [0.25, 0.3) is 0 Å². The monoisotopic (exact) mass is 324 g/mol. The van der Waals surface area contributed by atoms with Crippen LogP contribution < -0.4 is 15.5 Å². The molecule has 126 valence electrons. The van der Waals surface area contributed by atoms with Gasteiger partial charge >= 0.3 is 0 Å². The molecular formula is C18H24N6. The highest BCUT2D eigenvalue weighted by molar-refractivity contribution is 5.59. The van der Waals surface area contributed by atoms with Gasteiger partial charge in [-0.05, 0) is 43.0 Å². The third-order valence-corrected chi connectivity index (χ3v) is 4.26. The van der Waals surface area contributed by atoms with E-state index in [1.54, 1.807) is 12.3 Å². The molecule has 6 heteroatoms. The van der Waals surface area contributed by atoms with Gasteiger partial charge in [-0.2, -0.15) is 10.1 Å². The first-order chi connectivity index (χ1) is 11.7. The molecule has 2 aromatic rings. The van der Waals surface area contributed by atoms with Gasteiger partial charge in [0.25, 0.3) is 0 Å². The molecule has 0 saturated carbocycles. The quantitative estimate of drug-likeness (QED) is 0.794. The number of piperidine rings is 1. The van der Waals surface area contributed by atoms with Gasteiger partial charge in [0.1, 0.15) is 0 Å². The van der Waals surface area contributed by atoms with Crippen molar-refractivity contribution >= 4 is 23.1 Å². The van der Waals surface area contributed by atoms with Crippen molar-refractivity contribution in [2.24, 2.45) is 5.92 Å². The van der Waals surface area contributed by atoms with Crippen molar-refractivity contribution in [1.29, 1.82) is 0 Å². The molecule has 0 atom stereocenters. The predicted molar refractivity (Wildman–Crippen MR) is 98.8 cm³/mol. The summed E-state index contributed by atoms with van der Waals surface area (Å²) in [7, 11) is 0. The lowest BCUT2D eigenvalue weighted by Crippen LogP contribution is -2.32. The van der Waals surface area contributed by atoms with Gasteiger partial charge in [-0.3, -0.25) is 0 Å². The number of hydrogen-bond donors (Lipinski definition) is 2. The van der Waals surface area contributed by atoms with Crippen LogP contribution in [0.3, 0.4) is 0 Å². The standard InChI is InChI=1S/C18H24N6/c1-3-10-19-17-13-20-23-18(22-17)21-15-4-6-16(7-5-15)24-11-8-14(2)9-12-24/h3-7,13-14H,1,8-12H2,2H3,(H2,19,21,22,23). The Morgan fingerprint density at radius 3 is 2.71 bits per heavy atom. The molecule has 0 amide bonds. The second kappa shape index (κ2) is 7.77. The maximum absolute atomic E-state index is 4.37. The summed E-state index contributed by atoms with van der Waals surface area (Å²) < 4.78 is 0. The molecule has 2 N–H and O–H groups in total. The van der Waals surface area contributed by atoms with Crippen LogP contribution in [-0.2, 0) is 0 Å². The van der Waals surface area contributed by atoms with Crippen molar-refractivity contribution in [2.75, 3.05) is 35.2 Å².